The van der Waals surface area contributed by atoms with Gasteiger partial charge in [-0.15, -0.1) is 0 Å². The zero-order valence-electron chi connectivity index (χ0n) is 9.58. The molecule has 1 atom stereocenters. The molecule has 0 radical (unpaired) electrons. The van der Waals surface area contributed by atoms with Crippen molar-refractivity contribution in [2.24, 2.45) is 0 Å². The Hall–Kier alpha value is -1.13. The molecule has 1 saturated heterocycles. The van der Waals surface area contributed by atoms with Crippen LogP contribution in [-0.2, 0) is 0 Å². The number of aromatic nitrogens is 1. The van der Waals surface area contributed by atoms with Crippen LogP contribution in [0, 0.1) is 0 Å². The van der Waals surface area contributed by atoms with Crippen molar-refractivity contribution in [1.82, 2.24) is 15.6 Å². The number of rotatable bonds is 4. The van der Waals surface area contributed by atoms with Crippen LogP contribution in [0.15, 0.2) is 18.5 Å². The van der Waals surface area contributed by atoms with Crippen LogP contribution in [0.4, 0.5) is 0 Å². The van der Waals surface area contributed by atoms with Gasteiger partial charge in [-0.3, -0.25) is 9.78 Å². The van der Waals surface area contributed by atoms with Gasteiger partial charge in [0.2, 0.25) is 0 Å². The van der Waals surface area contributed by atoms with E-state index in [9.17, 15) is 4.79 Å². The number of carbonyl (C=O) groups is 1. The minimum absolute atomic E-state index is 0.129. The normalized spacial score (nSPS) is 19.2. The van der Waals surface area contributed by atoms with E-state index in [1.807, 2.05) is 0 Å². The van der Waals surface area contributed by atoms with Crippen molar-refractivity contribution in [3.63, 3.8) is 0 Å². The van der Waals surface area contributed by atoms with Gasteiger partial charge in [0.25, 0.3) is 5.91 Å². The highest BCUT2D eigenvalue weighted by molar-refractivity contribution is 6.33. The number of nitrogens with zero attached hydrogens (tertiary/aromatic N) is 1. The molecule has 1 aromatic rings. The predicted octanol–water partition coefficient (Wildman–Crippen LogP) is 1.61. The number of carbonyl (C=O) groups excluding carboxylic acids is 1. The van der Waals surface area contributed by atoms with Gasteiger partial charge in [-0.25, -0.2) is 0 Å². The van der Waals surface area contributed by atoms with Crippen LogP contribution in [0.25, 0.3) is 0 Å². The molecule has 92 valence electrons. The predicted molar refractivity (Wildman–Crippen MR) is 67.2 cm³/mol. The second-order valence-corrected chi connectivity index (χ2v) is 4.60. The number of nitrogens with one attached hydrogen (secondary N) is 2. The summed E-state index contributed by atoms with van der Waals surface area (Å²) in [6.07, 6.45) is 6.45. The van der Waals surface area contributed by atoms with E-state index >= 15 is 0 Å². The summed E-state index contributed by atoms with van der Waals surface area (Å²) in [5, 5.41) is 6.66. The highest BCUT2D eigenvalue weighted by Gasteiger charge is 2.14. The van der Waals surface area contributed by atoms with E-state index < -0.39 is 0 Å². The Kier molecular flexibility index (Phi) is 4.34. The first-order valence-corrected chi connectivity index (χ1v) is 6.26. The van der Waals surface area contributed by atoms with Gasteiger partial charge < -0.3 is 10.6 Å². The van der Waals surface area contributed by atoms with E-state index in [1.165, 1.54) is 19.0 Å². The fourth-order valence-corrected chi connectivity index (χ4v) is 2.22. The highest BCUT2D eigenvalue weighted by Crippen LogP contribution is 2.13. The molecule has 17 heavy (non-hydrogen) atoms. The molecule has 1 fully saturated rings. The maximum Gasteiger partial charge on any atom is 0.252 e. The fraction of sp³-hybridized carbons (Fsp3) is 0.500. The quantitative estimate of drug-likeness (QED) is 0.857. The molecule has 0 bridgehead atoms. The third kappa shape index (κ3) is 3.41. The average molecular weight is 254 g/mol. The first-order chi connectivity index (χ1) is 8.27. The van der Waals surface area contributed by atoms with Crippen molar-refractivity contribution >= 4 is 17.5 Å². The average Bonchev–Trinajstić information content (AvgIpc) is 2.82. The molecule has 1 aliphatic rings. The molecule has 0 spiro atoms. The highest BCUT2D eigenvalue weighted by atomic mass is 35.5. The molecule has 0 aromatic carbocycles. The lowest BCUT2D eigenvalue weighted by molar-refractivity contribution is 0.0952. The van der Waals surface area contributed by atoms with Crippen molar-refractivity contribution < 1.29 is 4.79 Å². The molecule has 2 rings (SSSR count). The molecule has 1 amide bonds. The molecule has 1 aromatic heterocycles. The molecule has 2 heterocycles. The monoisotopic (exact) mass is 253 g/mol. The maximum atomic E-state index is 11.8. The van der Waals surface area contributed by atoms with Crippen LogP contribution < -0.4 is 10.6 Å². The lowest BCUT2D eigenvalue weighted by Crippen LogP contribution is -2.30. The van der Waals surface area contributed by atoms with E-state index in [4.69, 9.17) is 11.6 Å². The molecule has 4 nitrogen and oxygen atoms in total. The molecular formula is C12H16ClN3O. The largest absolute Gasteiger partial charge is 0.352 e. The summed E-state index contributed by atoms with van der Waals surface area (Å²) >= 11 is 5.89. The second kappa shape index (κ2) is 5.98. The first-order valence-electron chi connectivity index (χ1n) is 5.88. The van der Waals surface area contributed by atoms with Gasteiger partial charge in [0.15, 0.2) is 0 Å². The molecular weight excluding hydrogens is 238 g/mol. The first kappa shape index (κ1) is 12.3. The Balaban J connectivity index is 1.79. The van der Waals surface area contributed by atoms with E-state index in [-0.39, 0.29) is 5.91 Å². The Labute approximate surface area is 106 Å². The molecule has 0 aliphatic carbocycles. The topological polar surface area (TPSA) is 54.0 Å². The van der Waals surface area contributed by atoms with Gasteiger partial charge in [-0.1, -0.05) is 11.6 Å². The second-order valence-electron chi connectivity index (χ2n) is 4.19. The van der Waals surface area contributed by atoms with Gasteiger partial charge in [-0.05, 0) is 31.9 Å². The smallest absolute Gasteiger partial charge is 0.252 e. The third-order valence-corrected chi connectivity index (χ3v) is 3.26. The molecule has 5 heteroatoms. The van der Waals surface area contributed by atoms with Gasteiger partial charge in [-0.2, -0.15) is 0 Å². The summed E-state index contributed by atoms with van der Waals surface area (Å²) in [6, 6.07) is 2.18. The van der Waals surface area contributed by atoms with E-state index in [1.54, 1.807) is 12.3 Å². The van der Waals surface area contributed by atoms with Crippen molar-refractivity contribution in [1.29, 1.82) is 0 Å². The molecule has 2 N–H and O–H groups in total. The SMILES string of the molecule is O=C(NCCC1CCCN1)c1ccncc1Cl. The zero-order valence-corrected chi connectivity index (χ0v) is 10.3. The van der Waals surface area contributed by atoms with E-state index in [2.05, 4.69) is 15.6 Å². The van der Waals surface area contributed by atoms with Crippen LogP contribution in [0.5, 0.6) is 0 Å². The van der Waals surface area contributed by atoms with E-state index in [0.717, 1.165) is 13.0 Å². The number of amides is 1. The summed E-state index contributed by atoms with van der Waals surface area (Å²) in [7, 11) is 0. The summed E-state index contributed by atoms with van der Waals surface area (Å²) in [4.78, 5) is 15.6. The Morgan fingerprint density at radius 3 is 3.24 bits per heavy atom. The van der Waals surface area contributed by atoms with Gasteiger partial charge in [0, 0.05) is 25.0 Å². The number of halogens is 1. The van der Waals surface area contributed by atoms with Crippen LogP contribution in [0.1, 0.15) is 29.6 Å². The molecule has 0 saturated carbocycles. The van der Waals surface area contributed by atoms with Gasteiger partial charge >= 0.3 is 0 Å². The minimum Gasteiger partial charge on any atom is -0.352 e. The standard InChI is InChI=1S/C12H16ClN3O/c13-11-8-14-6-4-10(11)12(17)16-7-3-9-2-1-5-15-9/h4,6,8-9,15H,1-3,5,7H2,(H,16,17). The van der Waals surface area contributed by atoms with E-state index in [0.29, 0.717) is 23.2 Å². The maximum absolute atomic E-state index is 11.8. The zero-order chi connectivity index (χ0) is 12.1. The molecule has 1 unspecified atom stereocenters. The fourth-order valence-electron chi connectivity index (χ4n) is 2.02. The lowest BCUT2D eigenvalue weighted by Gasteiger charge is -2.11. The summed E-state index contributed by atoms with van der Waals surface area (Å²) in [5.74, 6) is -0.129. The minimum atomic E-state index is -0.129. The summed E-state index contributed by atoms with van der Waals surface area (Å²) in [5.41, 5.74) is 0.487. The van der Waals surface area contributed by atoms with Crippen LogP contribution in [0.3, 0.4) is 0 Å². The van der Waals surface area contributed by atoms with Crippen molar-refractivity contribution in [3.8, 4) is 0 Å². The number of hydrogen-bond donors (Lipinski definition) is 2. The van der Waals surface area contributed by atoms with Gasteiger partial charge in [0.05, 0.1) is 10.6 Å². The summed E-state index contributed by atoms with van der Waals surface area (Å²) < 4.78 is 0. The Morgan fingerprint density at radius 1 is 1.65 bits per heavy atom. The van der Waals surface area contributed by atoms with Crippen LogP contribution in [-0.4, -0.2) is 30.0 Å². The van der Waals surface area contributed by atoms with Crippen molar-refractivity contribution in [2.75, 3.05) is 13.1 Å². The Morgan fingerprint density at radius 2 is 2.53 bits per heavy atom. The number of pyridine rings is 1. The van der Waals surface area contributed by atoms with Gasteiger partial charge in [0.1, 0.15) is 0 Å². The lowest BCUT2D eigenvalue weighted by atomic mass is 10.1. The van der Waals surface area contributed by atoms with Crippen LogP contribution in [0.2, 0.25) is 5.02 Å². The van der Waals surface area contributed by atoms with Crippen LogP contribution >= 0.6 is 11.6 Å². The number of hydrogen-bond acceptors (Lipinski definition) is 3. The third-order valence-electron chi connectivity index (χ3n) is 2.96. The van der Waals surface area contributed by atoms with Crippen molar-refractivity contribution in [2.45, 2.75) is 25.3 Å². The Bertz CT molecular complexity index is 391. The summed E-state index contributed by atoms with van der Waals surface area (Å²) in [6.45, 7) is 1.77. The molecule has 1 aliphatic heterocycles. The van der Waals surface area contributed by atoms with Crippen molar-refractivity contribution in [3.05, 3.63) is 29.0 Å².